The second kappa shape index (κ2) is 3.65. The molecular formula is C12H22O2. The lowest BCUT2D eigenvalue weighted by atomic mass is 9.78. The highest BCUT2D eigenvalue weighted by Gasteiger charge is 2.41. The van der Waals surface area contributed by atoms with E-state index in [1.54, 1.807) is 0 Å². The molecule has 0 N–H and O–H groups in total. The van der Waals surface area contributed by atoms with Crippen LogP contribution in [0.25, 0.3) is 0 Å². The fraction of sp³-hybridized carbons (Fsp3) is 0.917. The maximum atomic E-state index is 11.7. The van der Waals surface area contributed by atoms with Crippen molar-refractivity contribution >= 4 is 5.78 Å². The maximum absolute atomic E-state index is 11.7. The van der Waals surface area contributed by atoms with Crippen molar-refractivity contribution in [1.82, 2.24) is 0 Å². The van der Waals surface area contributed by atoms with E-state index in [1.165, 1.54) is 0 Å². The van der Waals surface area contributed by atoms with Crippen LogP contribution in [0.5, 0.6) is 0 Å². The molecule has 0 radical (unpaired) electrons. The lowest BCUT2D eigenvalue weighted by Crippen LogP contribution is -2.47. The van der Waals surface area contributed by atoms with Crippen molar-refractivity contribution in [2.45, 2.75) is 65.1 Å². The smallest absolute Gasteiger partial charge is 0.135 e. The molecule has 0 amide bonds. The van der Waals surface area contributed by atoms with E-state index in [1.807, 2.05) is 6.92 Å². The summed E-state index contributed by atoms with van der Waals surface area (Å²) in [6.45, 7) is 10.2. The van der Waals surface area contributed by atoms with Gasteiger partial charge in [-0.15, -0.1) is 0 Å². The van der Waals surface area contributed by atoms with Gasteiger partial charge in [-0.25, -0.2) is 0 Å². The third-order valence-electron chi connectivity index (χ3n) is 2.83. The third-order valence-corrected chi connectivity index (χ3v) is 2.83. The minimum Gasteiger partial charge on any atom is -0.370 e. The van der Waals surface area contributed by atoms with Gasteiger partial charge >= 0.3 is 0 Å². The lowest BCUT2D eigenvalue weighted by molar-refractivity contribution is -0.177. The van der Waals surface area contributed by atoms with Gasteiger partial charge in [-0.05, 0) is 40.5 Å². The summed E-state index contributed by atoms with van der Waals surface area (Å²) in [6.07, 6.45) is 2.38. The molecule has 0 unspecified atom stereocenters. The third kappa shape index (κ3) is 2.81. The molecule has 1 aliphatic heterocycles. The van der Waals surface area contributed by atoms with Crippen molar-refractivity contribution in [1.29, 1.82) is 0 Å². The van der Waals surface area contributed by atoms with Crippen LogP contribution < -0.4 is 0 Å². The van der Waals surface area contributed by atoms with Gasteiger partial charge in [-0.3, -0.25) is 4.79 Å². The van der Waals surface area contributed by atoms with Crippen LogP contribution in [-0.4, -0.2) is 17.0 Å². The molecule has 0 aromatic heterocycles. The van der Waals surface area contributed by atoms with Crippen LogP contribution in [0.4, 0.5) is 0 Å². The number of carbonyl (C=O) groups is 1. The monoisotopic (exact) mass is 198 g/mol. The first kappa shape index (κ1) is 11.7. The van der Waals surface area contributed by atoms with Gasteiger partial charge in [-0.1, -0.05) is 6.92 Å². The van der Waals surface area contributed by atoms with Gasteiger partial charge in [0.1, 0.15) is 5.78 Å². The Kier molecular flexibility index (Phi) is 3.05. The highest BCUT2D eigenvalue weighted by Crippen LogP contribution is 2.38. The lowest BCUT2D eigenvalue weighted by Gasteiger charge is -2.44. The maximum Gasteiger partial charge on any atom is 0.135 e. The van der Waals surface area contributed by atoms with E-state index in [0.717, 1.165) is 12.8 Å². The molecule has 0 bridgehead atoms. The van der Waals surface area contributed by atoms with Crippen LogP contribution in [0, 0.1) is 5.92 Å². The molecule has 1 aliphatic rings. The van der Waals surface area contributed by atoms with Crippen molar-refractivity contribution in [2.24, 2.45) is 5.92 Å². The number of ether oxygens (including phenoxy) is 1. The number of carbonyl (C=O) groups excluding carboxylic acids is 1. The van der Waals surface area contributed by atoms with Crippen LogP contribution in [0.3, 0.4) is 0 Å². The van der Waals surface area contributed by atoms with Gasteiger partial charge in [0, 0.05) is 12.3 Å². The second-order valence-corrected chi connectivity index (χ2v) is 5.55. The van der Waals surface area contributed by atoms with Crippen molar-refractivity contribution in [2.75, 3.05) is 0 Å². The first-order valence-corrected chi connectivity index (χ1v) is 5.49. The van der Waals surface area contributed by atoms with Crippen LogP contribution in [0.15, 0.2) is 0 Å². The first-order valence-electron chi connectivity index (χ1n) is 5.49. The fourth-order valence-corrected chi connectivity index (χ4v) is 2.61. The number of Topliss-reactive ketones (excluding diaryl/α,β-unsaturated/α-hetero) is 1. The Hall–Kier alpha value is -0.370. The summed E-state index contributed by atoms with van der Waals surface area (Å²) in [5.74, 6) is 0.577. The fourth-order valence-electron chi connectivity index (χ4n) is 2.61. The number of ketones is 1. The molecule has 1 fully saturated rings. The normalized spacial score (nSPS) is 26.1. The van der Waals surface area contributed by atoms with E-state index in [2.05, 4.69) is 27.7 Å². The number of rotatable bonds is 2. The van der Waals surface area contributed by atoms with E-state index in [9.17, 15) is 4.79 Å². The van der Waals surface area contributed by atoms with Gasteiger partial charge in [0.2, 0.25) is 0 Å². The molecule has 2 nitrogen and oxygen atoms in total. The molecule has 0 aromatic rings. The largest absolute Gasteiger partial charge is 0.370 e. The summed E-state index contributed by atoms with van der Waals surface area (Å²) in [5, 5.41) is 0. The molecule has 82 valence electrons. The highest BCUT2D eigenvalue weighted by molar-refractivity contribution is 5.81. The van der Waals surface area contributed by atoms with E-state index in [4.69, 9.17) is 4.74 Å². The molecule has 1 heterocycles. The van der Waals surface area contributed by atoms with Crippen molar-refractivity contribution < 1.29 is 9.53 Å². The summed E-state index contributed by atoms with van der Waals surface area (Å²) in [6, 6.07) is 0. The number of hydrogen-bond donors (Lipinski definition) is 0. The Morgan fingerprint density at radius 3 is 2.00 bits per heavy atom. The first-order chi connectivity index (χ1) is 6.26. The molecule has 0 aromatic carbocycles. The zero-order valence-electron chi connectivity index (χ0n) is 10.0. The minimum atomic E-state index is -0.156. The molecule has 0 saturated carbocycles. The highest BCUT2D eigenvalue weighted by atomic mass is 16.5. The average Bonchev–Trinajstić information content (AvgIpc) is 1.97. The molecule has 14 heavy (non-hydrogen) atoms. The summed E-state index contributed by atoms with van der Waals surface area (Å²) in [4.78, 5) is 11.7. The van der Waals surface area contributed by atoms with Gasteiger partial charge in [0.25, 0.3) is 0 Å². The van der Waals surface area contributed by atoms with Crippen LogP contribution >= 0.6 is 0 Å². The van der Waals surface area contributed by atoms with Crippen LogP contribution in [0.2, 0.25) is 0 Å². The number of hydrogen-bond acceptors (Lipinski definition) is 2. The van der Waals surface area contributed by atoms with Crippen molar-refractivity contribution in [3.63, 3.8) is 0 Å². The summed E-state index contributed by atoms with van der Waals surface area (Å²) < 4.78 is 5.93. The summed E-state index contributed by atoms with van der Waals surface area (Å²) in [7, 11) is 0. The summed E-state index contributed by atoms with van der Waals surface area (Å²) >= 11 is 0. The van der Waals surface area contributed by atoms with E-state index in [-0.39, 0.29) is 17.1 Å². The molecule has 2 heteroatoms. The van der Waals surface area contributed by atoms with Gasteiger partial charge in [0.05, 0.1) is 11.2 Å². The van der Waals surface area contributed by atoms with Gasteiger partial charge in [-0.2, -0.15) is 0 Å². The van der Waals surface area contributed by atoms with Gasteiger partial charge in [0.15, 0.2) is 0 Å². The standard InChI is InChI=1S/C12H22O2/c1-6-10(13)9-7-11(2,3)14-12(4,5)8-9/h9H,6-8H2,1-5H3. The predicted octanol–water partition coefficient (Wildman–Crippen LogP) is 2.95. The van der Waals surface area contributed by atoms with Crippen LogP contribution in [-0.2, 0) is 9.53 Å². The Balaban J connectivity index is 2.76. The quantitative estimate of drug-likeness (QED) is 0.682. The SMILES string of the molecule is CCC(=O)C1CC(C)(C)OC(C)(C)C1. The zero-order chi connectivity index (χ0) is 11.0. The summed E-state index contributed by atoms with van der Waals surface area (Å²) in [5.41, 5.74) is -0.311. The molecule has 1 saturated heterocycles. The molecular weight excluding hydrogens is 176 g/mol. The molecule has 0 atom stereocenters. The van der Waals surface area contributed by atoms with Gasteiger partial charge < -0.3 is 4.74 Å². The molecule has 0 aliphatic carbocycles. The molecule has 0 spiro atoms. The van der Waals surface area contributed by atoms with E-state index in [0.29, 0.717) is 12.2 Å². The Morgan fingerprint density at radius 2 is 1.64 bits per heavy atom. The Morgan fingerprint density at radius 1 is 1.21 bits per heavy atom. The second-order valence-electron chi connectivity index (χ2n) is 5.55. The Bertz CT molecular complexity index is 212. The average molecular weight is 198 g/mol. The van der Waals surface area contributed by atoms with E-state index < -0.39 is 0 Å². The topological polar surface area (TPSA) is 26.3 Å². The van der Waals surface area contributed by atoms with Crippen molar-refractivity contribution in [3.8, 4) is 0 Å². The van der Waals surface area contributed by atoms with E-state index >= 15 is 0 Å². The minimum absolute atomic E-state index is 0.156. The van der Waals surface area contributed by atoms with Crippen molar-refractivity contribution in [3.05, 3.63) is 0 Å². The zero-order valence-corrected chi connectivity index (χ0v) is 10.0. The molecule has 1 rings (SSSR count). The van der Waals surface area contributed by atoms with Crippen LogP contribution in [0.1, 0.15) is 53.9 Å². The Labute approximate surface area is 87.0 Å². The predicted molar refractivity (Wildman–Crippen MR) is 57.3 cm³/mol.